The summed E-state index contributed by atoms with van der Waals surface area (Å²) in [6, 6.07) is 2.16. The van der Waals surface area contributed by atoms with Crippen molar-refractivity contribution in [1.29, 1.82) is 0 Å². The Labute approximate surface area is 90.7 Å². The van der Waals surface area contributed by atoms with E-state index in [0.29, 0.717) is 24.0 Å². The summed E-state index contributed by atoms with van der Waals surface area (Å²) in [6.45, 7) is 4.28. The lowest BCUT2D eigenvalue weighted by atomic mass is 9.76. The zero-order chi connectivity index (χ0) is 10.8. The molecule has 0 bridgehead atoms. The average molecular weight is 203 g/mol. The minimum Gasteiger partial charge on any atom is -0.300 e. The molecule has 0 N–H and O–H groups in total. The molecular formula is C13H17NO. The van der Waals surface area contributed by atoms with Crippen LogP contribution in [0.1, 0.15) is 43.2 Å². The van der Waals surface area contributed by atoms with Crippen molar-refractivity contribution in [3.05, 3.63) is 29.6 Å². The first-order chi connectivity index (χ1) is 7.16. The Morgan fingerprint density at radius 3 is 2.93 bits per heavy atom. The summed E-state index contributed by atoms with van der Waals surface area (Å²) in [4.78, 5) is 15.7. The van der Waals surface area contributed by atoms with Gasteiger partial charge in [-0.3, -0.25) is 9.78 Å². The predicted octanol–water partition coefficient (Wildman–Crippen LogP) is 2.86. The maximum atomic E-state index is 11.5. The van der Waals surface area contributed by atoms with Gasteiger partial charge >= 0.3 is 0 Å². The van der Waals surface area contributed by atoms with Gasteiger partial charge in [0.15, 0.2) is 0 Å². The van der Waals surface area contributed by atoms with Crippen LogP contribution in [0.2, 0.25) is 0 Å². The van der Waals surface area contributed by atoms with Crippen molar-refractivity contribution in [2.24, 2.45) is 5.92 Å². The van der Waals surface area contributed by atoms with Crippen LogP contribution in [0.4, 0.5) is 0 Å². The topological polar surface area (TPSA) is 30.0 Å². The van der Waals surface area contributed by atoms with Gasteiger partial charge in [-0.05, 0) is 36.3 Å². The summed E-state index contributed by atoms with van der Waals surface area (Å²) in [6.07, 6.45) is 6.26. The lowest BCUT2D eigenvalue weighted by Crippen LogP contribution is -2.21. The standard InChI is InChI=1S/C13H17NO/c1-9-5-11(8-14-7-9)13-6-12(15)4-3-10(13)2/h5,7-8,10,13H,3-4,6H2,1-2H3. The number of aromatic nitrogens is 1. The molecule has 1 fully saturated rings. The van der Waals surface area contributed by atoms with Crippen LogP contribution in [0.3, 0.4) is 0 Å². The van der Waals surface area contributed by atoms with Gasteiger partial charge in [0.05, 0.1) is 0 Å². The van der Waals surface area contributed by atoms with E-state index < -0.39 is 0 Å². The fraction of sp³-hybridized carbons (Fsp3) is 0.538. The molecule has 2 atom stereocenters. The third kappa shape index (κ3) is 2.25. The second-order valence-corrected chi connectivity index (χ2v) is 4.66. The zero-order valence-corrected chi connectivity index (χ0v) is 9.36. The van der Waals surface area contributed by atoms with Crippen LogP contribution in [0.5, 0.6) is 0 Å². The first kappa shape index (κ1) is 10.3. The van der Waals surface area contributed by atoms with E-state index in [1.807, 2.05) is 19.3 Å². The molecule has 80 valence electrons. The van der Waals surface area contributed by atoms with Gasteiger partial charge in [-0.1, -0.05) is 13.0 Å². The molecule has 2 heteroatoms. The Morgan fingerprint density at radius 2 is 2.20 bits per heavy atom. The smallest absolute Gasteiger partial charge is 0.133 e. The Hall–Kier alpha value is -1.18. The Bertz CT molecular complexity index is 373. The molecule has 0 radical (unpaired) electrons. The van der Waals surface area contributed by atoms with E-state index in [1.165, 1.54) is 11.1 Å². The molecule has 2 unspecified atom stereocenters. The van der Waals surface area contributed by atoms with Crippen molar-refractivity contribution in [3.8, 4) is 0 Å². The monoisotopic (exact) mass is 203 g/mol. The number of rotatable bonds is 1. The largest absolute Gasteiger partial charge is 0.300 e. The van der Waals surface area contributed by atoms with Crippen molar-refractivity contribution in [1.82, 2.24) is 4.98 Å². The van der Waals surface area contributed by atoms with E-state index in [1.54, 1.807) is 0 Å². The SMILES string of the molecule is Cc1cncc(C2CC(=O)CCC2C)c1. The molecule has 1 aromatic heterocycles. The van der Waals surface area contributed by atoms with Crippen LogP contribution < -0.4 is 0 Å². The van der Waals surface area contributed by atoms with Crippen LogP contribution in [-0.2, 0) is 4.79 Å². The average Bonchev–Trinajstić information content (AvgIpc) is 2.22. The first-order valence-corrected chi connectivity index (χ1v) is 5.60. The van der Waals surface area contributed by atoms with E-state index in [2.05, 4.69) is 18.0 Å². The highest BCUT2D eigenvalue weighted by Gasteiger charge is 2.27. The number of carbonyl (C=O) groups is 1. The number of Topliss-reactive ketones (excluding diaryl/α,β-unsaturated/α-hetero) is 1. The van der Waals surface area contributed by atoms with Crippen LogP contribution in [-0.4, -0.2) is 10.8 Å². The van der Waals surface area contributed by atoms with E-state index >= 15 is 0 Å². The minimum absolute atomic E-state index is 0.388. The van der Waals surface area contributed by atoms with E-state index in [0.717, 1.165) is 12.8 Å². The highest BCUT2D eigenvalue weighted by molar-refractivity contribution is 5.80. The van der Waals surface area contributed by atoms with Gasteiger partial charge in [-0.25, -0.2) is 0 Å². The van der Waals surface area contributed by atoms with E-state index in [4.69, 9.17) is 0 Å². The van der Waals surface area contributed by atoms with Crippen molar-refractivity contribution < 1.29 is 4.79 Å². The number of hydrogen-bond donors (Lipinski definition) is 0. The molecule has 1 aromatic rings. The summed E-state index contributed by atoms with van der Waals surface area (Å²) >= 11 is 0. The number of pyridine rings is 1. The molecule has 0 spiro atoms. The van der Waals surface area contributed by atoms with Crippen molar-refractivity contribution in [2.75, 3.05) is 0 Å². The molecule has 1 aliphatic carbocycles. The fourth-order valence-electron chi connectivity index (χ4n) is 2.37. The molecule has 1 heterocycles. The summed E-state index contributed by atoms with van der Waals surface area (Å²) < 4.78 is 0. The van der Waals surface area contributed by atoms with E-state index in [-0.39, 0.29) is 0 Å². The first-order valence-electron chi connectivity index (χ1n) is 5.60. The molecule has 15 heavy (non-hydrogen) atoms. The van der Waals surface area contributed by atoms with Crippen LogP contribution >= 0.6 is 0 Å². The Kier molecular flexibility index (Phi) is 2.85. The lowest BCUT2D eigenvalue weighted by molar-refractivity contribution is -0.121. The van der Waals surface area contributed by atoms with E-state index in [9.17, 15) is 4.79 Å². The van der Waals surface area contributed by atoms with Gasteiger partial charge in [0.25, 0.3) is 0 Å². The zero-order valence-electron chi connectivity index (χ0n) is 9.36. The summed E-state index contributed by atoms with van der Waals surface area (Å²) in [5.74, 6) is 1.39. The highest BCUT2D eigenvalue weighted by atomic mass is 16.1. The second-order valence-electron chi connectivity index (χ2n) is 4.66. The van der Waals surface area contributed by atoms with Crippen LogP contribution in [0.15, 0.2) is 18.5 Å². The van der Waals surface area contributed by atoms with Gasteiger partial charge in [0.2, 0.25) is 0 Å². The maximum absolute atomic E-state index is 11.5. The fourth-order valence-corrected chi connectivity index (χ4v) is 2.37. The third-order valence-corrected chi connectivity index (χ3v) is 3.34. The molecule has 2 rings (SSSR count). The van der Waals surface area contributed by atoms with Crippen molar-refractivity contribution in [3.63, 3.8) is 0 Å². The predicted molar refractivity (Wildman–Crippen MR) is 59.7 cm³/mol. The normalized spacial score (nSPS) is 26.7. The lowest BCUT2D eigenvalue weighted by Gasteiger charge is -2.28. The highest BCUT2D eigenvalue weighted by Crippen LogP contribution is 2.35. The summed E-state index contributed by atoms with van der Waals surface area (Å²) in [7, 11) is 0. The molecule has 1 aliphatic rings. The maximum Gasteiger partial charge on any atom is 0.133 e. The minimum atomic E-state index is 0.388. The summed E-state index contributed by atoms with van der Waals surface area (Å²) in [5.41, 5.74) is 2.41. The summed E-state index contributed by atoms with van der Waals surface area (Å²) in [5, 5.41) is 0. The van der Waals surface area contributed by atoms with Crippen molar-refractivity contribution in [2.45, 2.75) is 39.0 Å². The molecule has 0 amide bonds. The molecular weight excluding hydrogens is 186 g/mol. The van der Waals surface area contributed by atoms with Gasteiger partial charge in [0, 0.05) is 25.2 Å². The quantitative estimate of drug-likeness (QED) is 0.702. The van der Waals surface area contributed by atoms with Crippen LogP contribution in [0, 0.1) is 12.8 Å². The molecule has 2 nitrogen and oxygen atoms in total. The molecule has 0 aliphatic heterocycles. The van der Waals surface area contributed by atoms with Gasteiger partial charge in [-0.2, -0.15) is 0 Å². The van der Waals surface area contributed by atoms with Gasteiger partial charge < -0.3 is 0 Å². The van der Waals surface area contributed by atoms with Gasteiger partial charge in [-0.15, -0.1) is 0 Å². The van der Waals surface area contributed by atoms with Gasteiger partial charge in [0.1, 0.15) is 5.78 Å². The third-order valence-electron chi connectivity index (χ3n) is 3.34. The number of hydrogen-bond acceptors (Lipinski definition) is 2. The number of carbonyl (C=O) groups excluding carboxylic acids is 1. The molecule has 1 saturated carbocycles. The second kappa shape index (κ2) is 4.13. The molecule has 0 saturated heterocycles. The van der Waals surface area contributed by atoms with Crippen LogP contribution in [0.25, 0.3) is 0 Å². The number of aryl methyl sites for hydroxylation is 1. The van der Waals surface area contributed by atoms with Crippen molar-refractivity contribution >= 4 is 5.78 Å². The number of ketones is 1. The Morgan fingerprint density at radius 1 is 1.40 bits per heavy atom. The molecule has 0 aromatic carbocycles. The number of nitrogens with zero attached hydrogens (tertiary/aromatic N) is 1. The Balaban J connectivity index is 2.24.